The Morgan fingerprint density at radius 1 is 0.913 bits per heavy atom. The molecule has 1 N–H and O–H groups in total. The average Bonchev–Trinajstić information content (AvgIpc) is 3.02. The van der Waals surface area contributed by atoms with E-state index < -0.39 is 28.5 Å². The van der Waals surface area contributed by atoms with Gasteiger partial charge in [-0.15, -0.1) is 0 Å². The van der Waals surface area contributed by atoms with Crippen molar-refractivity contribution in [3.8, 4) is 5.75 Å². The molecule has 0 saturated heterocycles. The van der Waals surface area contributed by atoms with Crippen LogP contribution in [0.5, 0.6) is 5.75 Å². The minimum absolute atomic E-state index is 0.00854. The minimum Gasteiger partial charge on any atom is -0.495 e. The van der Waals surface area contributed by atoms with E-state index >= 15 is 0 Å². The van der Waals surface area contributed by atoms with E-state index in [1.54, 1.807) is 24.3 Å². The topological polar surface area (TPSA) is 96.0 Å². The van der Waals surface area contributed by atoms with Gasteiger partial charge in [0.25, 0.3) is 10.0 Å². The van der Waals surface area contributed by atoms with Crippen molar-refractivity contribution in [2.45, 2.75) is 50.7 Å². The van der Waals surface area contributed by atoms with Crippen molar-refractivity contribution in [3.63, 3.8) is 0 Å². The summed E-state index contributed by atoms with van der Waals surface area (Å²) in [4.78, 5) is 29.8. The van der Waals surface area contributed by atoms with Crippen molar-refractivity contribution in [1.29, 1.82) is 0 Å². The van der Waals surface area contributed by atoms with Crippen LogP contribution in [0.2, 0.25) is 5.02 Å². The van der Waals surface area contributed by atoms with Gasteiger partial charge in [-0.3, -0.25) is 13.9 Å². The molecule has 11 heteroatoms. The quantitative estimate of drug-likeness (QED) is 0.164. The molecule has 46 heavy (non-hydrogen) atoms. The van der Waals surface area contributed by atoms with Crippen molar-refractivity contribution < 1.29 is 22.7 Å². The maximum Gasteiger partial charge on any atom is 0.264 e. The van der Waals surface area contributed by atoms with Crippen LogP contribution in [0.25, 0.3) is 0 Å². The van der Waals surface area contributed by atoms with Crippen molar-refractivity contribution in [2.24, 2.45) is 0 Å². The zero-order valence-corrected chi connectivity index (χ0v) is 29.3. The lowest BCUT2D eigenvalue weighted by Gasteiger charge is -2.34. The molecule has 0 bridgehead atoms. The van der Waals surface area contributed by atoms with Crippen molar-refractivity contribution >= 4 is 55.1 Å². The first kappa shape index (κ1) is 35.0. The summed E-state index contributed by atoms with van der Waals surface area (Å²) in [5.41, 5.74) is 2.59. The van der Waals surface area contributed by atoms with Crippen LogP contribution < -0.4 is 14.4 Å². The second kappa shape index (κ2) is 15.6. The molecular weight excluding hydrogens is 690 g/mol. The van der Waals surface area contributed by atoms with Gasteiger partial charge in [0.05, 0.1) is 17.7 Å². The van der Waals surface area contributed by atoms with E-state index in [4.69, 9.17) is 16.3 Å². The second-order valence-corrected chi connectivity index (χ2v) is 14.4. The number of halogens is 2. The van der Waals surface area contributed by atoms with Gasteiger partial charge in [0.15, 0.2) is 0 Å². The van der Waals surface area contributed by atoms with E-state index in [1.165, 1.54) is 30.2 Å². The number of benzene rings is 4. The Labute approximate surface area is 284 Å². The Morgan fingerprint density at radius 3 is 2.17 bits per heavy atom. The first-order valence-corrected chi connectivity index (χ1v) is 17.3. The van der Waals surface area contributed by atoms with Gasteiger partial charge in [-0.2, -0.15) is 0 Å². The maximum atomic E-state index is 14.6. The normalized spacial score (nSPS) is 12.0. The molecule has 0 aliphatic heterocycles. The van der Waals surface area contributed by atoms with Crippen LogP contribution in [0.1, 0.15) is 30.5 Å². The second-order valence-electron chi connectivity index (χ2n) is 11.2. The Kier molecular flexibility index (Phi) is 11.9. The number of rotatable bonds is 13. The van der Waals surface area contributed by atoms with Gasteiger partial charge in [0, 0.05) is 28.5 Å². The largest absolute Gasteiger partial charge is 0.495 e. The monoisotopic (exact) mass is 725 g/mol. The lowest BCUT2D eigenvalue weighted by molar-refractivity contribution is -0.140. The zero-order chi connectivity index (χ0) is 33.4. The standard InChI is InChI=1S/C35H37BrClN3O5S/c1-24(2)38-35(42)32(20-26-8-6-5-7-9-26)39(22-27-12-14-28(36)15-13-27)34(41)23-40(31-21-29(37)16-19-33(31)45-4)46(43,44)30-17-10-25(3)11-18-30/h5-19,21,24,32H,20,22-23H2,1-4H3,(H,38,42)/t32-/m0/s1. The molecule has 0 spiro atoms. The molecule has 0 aliphatic rings. The summed E-state index contributed by atoms with van der Waals surface area (Å²) in [5.74, 6) is -0.719. The van der Waals surface area contributed by atoms with E-state index in [-0.39, 0.29) is 46.3 Å². The number of carbonyl (C=O) groups excluding carboxylic acids is 2. The Hall–Kier alpha value is -3.86. The van der Waals surface area contributed by atoms with Gasteiger partial charge >= 0.3 is 0 Å². The fraction of sp³-hybridized carbons (Fsp3) is 0.257. The number of ether oxygens (including phenoxy) is 1. The number of carbonyl (C=O) groups is 2. The molecule has 0 heterocycles. The van der Waals surface area contributed by atoms with E-state index in [9.17, 15) is 18.0 Å². The number of amides is 2. The van der Waals surface area contributed by atoms with Crippen LogP contribution in [0.4, 0.5) is 5.69 Å². The Bertz CT molecular complexity index is 1750. The SMILES string of the molecule is COc1ccc(Cl)cc1N(CC(=O)N(Cc1ccc(Br)cc1)[C@@H](Cc1ccccc1)C(=O)NC(C)C)S(=O)(=O)c1ccc(C)cc1. The van der Waals surface area contributed by atoms with Gasteiger partial charge in [-0.1, -0.05) is 87.7 Å². The van der Waals surface area contributed by atoms with Crippen LogP contribution in [0, 0.1) is 6.92 Å². The highest BCUT2D eigenvalue weighted by Crippen LogP contribution is 2.35. The van der Waals surface area contributed by atoms with Gasteiger partial charge in [-0.25, -0.2) is 8.42 Å². The van der Waals surface area contributed by atoms with Crippen LogP contribution >= 0.6 is 27.5 Å². The number of sulfonamides is 1. The predicted octanol–water partition coefficient (Wildman–Crippen LogP) is 6.78. The Morgan fingerprint density at radius 2 is 1.57 bits per heavy atom. The lowest BCUT2D eigenvalue weighted by atomic mass is 10.0. The van der Waals surface area contributed by atoms with Crippen molar-refractivity contribution in [2.75, 3.05) is 18.0 Å². The first-order chi connectivity index (χ1) is 21.9. The smallest absolute Gasteiger partial charge is 0.264 e. The zero-order valence-electron chi connectivity index (χ0n) is 26.1. The van der Waals surface area contributed by atoms with Gasteiger partial charge in [-0.05, 0) is 74.4 Å². The average molecular weight is 727 g/mol. The van der Waals surface area contributed by atoms with Crippen molar-refractivity contribution in [1.82, 2.24) is 10.2 Å². The molecule has 4 rings (SSSR count). The highest BCUT2D eigenvalue weighted by Gasteiger charge is 2.35. The summed E-state index contributed by atoms with van der Waals surface area (Å²) in [6.07, 6.45) is 0.215. The number of hydrogen-bond acceptors (Lipinski definition) is 5. The summed E-state index contributed by atoms with van der Waals surface area (Å²) in [5, 5.41) is 3.22. The summed E-state index contributed by atoms with van der Waals surface area (Å²) in [6, 6.07) is 26.6. The third-order valence-corrected chi connectivity index (χ3v) is 9.80. The predicted molar refractivity (Wildman–Crippen MR) is 186 cm³/mol. The highest BCUT2D eigenvalue weighted by atomic mass is 79.9. The summed E-state index contributed by atoms with van der Waals surface area (Å²) < 4.78 is 36.0. The van der Waals surface area contributed by atoms with Crippen LogP contribution in [0.15, 0.2) is 106 Å². The third-order valence-electron chi connectivity index (χ3n) is 7.27. The maximum absolute atomic E-state index is 14.6. The summed E-state index contributed by atoms with van der Waals surface area (Å²) in [7, 11) is -2.90. The number of nitrogens with one attached hydrogen (secondary N) is 1. The molecule has 0 aromatic heterocycles. The molecule has 2 amide bonds. The lowest BCUT2D eigenvalue weighted by Crippen LogP contribution is -2.54. The molecule has 0 fully saturated rings. The Balaban J connectivity index is 1.85. The molecular formula is C35H37BrClN3O5S. The van der Waals surface area contributed by atoms with Crippen LogP contribution in [-0.2, 0) is 32.6 Å². The van der Waals surface area contributed by atoms with Gasteiger partial charge < -0.3 is 15.0 Å². The number of anilines is 1. The van der Waals surface area contributed by atoms with Gasteiger partial charge in [0.1, 0.15) is 18.3 Å². The number of aryl methyl sites for hydroxylation is 1. The van der Waals surface area contributed by atoms with E-state index in [1.807, 2.05) is 75.4 Å². The summed E-state index contributed by atoms with van der Waals surface area (Å²) in [6.45, 7) is 4.98. The number of nitrogens with zero attached hydrogens (tertiary/aromatic N) is 2. The van der Waals surface area contributed by atoms with Crippen molar-refractivity contribution in [3.05, 3.63) is 123 Å². The van der Waals surface area contributed by atoms with Crippen LogP contribution in [-0.4, -0.2) is 50.9 Å². The van der Waals surface area contributed by atoms with E-state index in [0.29, 0.717) is 0 Å². The molecule has 4 aromatic carbocycles. The van der Waals surface area contributed by atoms with Gasteiger partial charge in [0.2, 0.25) is 11.8 Å². The first-order valence-electron chi connectivity index (χ1n) is 14.7. The fourth-order valence-corrected chi connectivity index (χ4v) is 6.78. The highest BCUT2D eigenvalue weighted by molar-refractivity contribution is 9.10. The molecule has 0 aliphatic carbocycles. The third kappa shape index (κ3) is 8.90. The van der Waals surface area contributed by atoms with E-state index in [2.05, 4.69) is 21.2 Å². The summed E-state index contributed by atoms with van der Waals surface area (Å²) >= 11 is 9.81. The molecule has 1 atom stereocenters. The molecule has 0 unspecified atom stereocenters. The molecule has 0 radical (unpaired) electrons. The van der Waals surface area contributed by atoms with Crippen LogP contribution in [0.3, 0.4) is 0 Å². The minimum atomic E-state index is -4.31. The molecule has 4 aromatic rings. The molecule has 242 valence electrons. The molecule has 8 nitrogen and oxygen atoms in total. The number of hydrogen-bond donors (Lipinski definition) is 1. The molecule has 0 saturated carbocycles. The fourth-order valence-electron chi connectivity index (χ4n) is 4.93. The number of methoxy groups -OCH3 is 1. The van der Waals surface area contributed by atoms with E-state index in [0.717, 1.165) is 25.5 Å².